The standard InChI is InChI=1S/C9H9FS2/c10-7-3-1-2-6-8(11)4-5-12-9(6)7/h1-3,8,11H,4-5H2. The van der Waals surface area contributed by atoms with Crippen molar-refractivity contribution in [3.05, 3.63) is 29.6 Å². The van der Waals surface area contributed by atoms with Crippen molar-refractivity contribution in [1.82, 2.24) is 0 Å². The first-order valence-corrected chi connectivity index (χ1v) is 5.38. The van der Waals surface area contributed by atoms with Crippen molar-refractivity contribution in [1.29, 1.82) is 0 Å². The molecule has 0 spiro atoms. The van der Waals surface area contributed by atoms with Crippen LogP contribution in [0, 0.1) is 5.82 Å². The van der Waals surface area contributed by atoms with Gasteiger partial charge in [0.15, 0.2) is 0 Å². The maximum atomic E-state index is 13.2. The SMILES string of the molecule is Fc1cccc2c1SCCC2S. The molecule has 0 radical (unpaired) electrons. The van der Waals surface area contributed by atoms with E-state index in [4.69, 9.17) is 0 Å². The summed E-state index contributed by atoms with van der Waals surface area (Å²) in [6, 6.07) is 5.23. The maximum Gasteiger partial charge on any atom is 0.137 e. The molecule has 3 heteroatoms. The van der Waals surface area contributed by atoms with Gasteiger partial charge < -0.3 is 0 Å². The molecule has 2 rings (SSSR count). The van der Waals surface area contributed by atoms with Gasteiger partial charge in [0.1, 0.15) is 5.82 Å². The number of hydrogen-bond donors (Lipinski definition) is 1. The normalized spacial score (nSPS) is 22.0. The molecule has 0 saturated heterocycles. The molecule has 64 valence electrons. The summed E-state index contributed by atoms with van der Waals surface area (Å²) in [6.07, 6.45) is 1.03. The predicted molar refractivity (Wildman–Crippen MR) is 53.5 cm³/mol. The van der Waals surface area contributed by atoms with E-state index in [-0.39, 0.29) is 11.1 Å². The molecule has 0 saturated carbocycles. The summed E-state index contributed by atoms with van der Waals surface area (Å²) in [6.45, 7) is 0. The largest absolute Gasteiger partial charge is 0.206 e. The van der Waals surface area contributed by atoms with Crippen LogP contribution < -0.4 is 0 Å². The maximum absolute atomic E-state index is 13.2. The van der Waals surface area contributed by atoms with Crippen LogP contribution in [0.15, 0.2) is 23.1 Å². The Balaban J connectivity index is 2.52. The highest BCUT2D eigenvalue weighted by Gasteiger charge is 2.19. The van der Waals surface area contributed by atoms with Gasteiger partial charge in [0, 0.05) is 10.1 Å². The molecule has 0 amide bonds. The fraction of sp³-hybridized carbons (Fsp3) is 0.333. The summed E-state index contributed by atoms with van der Waals surface area (Å²) in [4.78, 5) is 0.795. The number of benzene rings is 1. The Bertz CT molecular complexity index is 299. The van der Waals surface area contributed by atoms with Crippen LogP contribution in [0.5, 0.6) is 0 Å². The molecule has 0 fully saturated rings. The molecule has 1 aromatic carbocycles. The summed E-state index contributed by atoms with van der Waals surface area (Å²) in [7, 11) is 0. The Hall–Kier alpha value is -0.150. The molecule has 0 nitrogen and oxygen atoms in total. The molecule has 0 N–H and O–H groups in total. The van der Waals surface area contributed by atoms with E-state index in [9.17, 15) is 4.39 Å². The van der Waals surface area contributed by atoms with Crippen molar-refractivity contribution >= 4 is 24.4 Å². The third-order valence-electron chi connectivity index (χ3n) is 1.99. The second-order valence-corrected chi connectivity index (χ2v) is 4.54. The van der Waals surface area contributed by atoms with Crippen molar-refractivity contribution in [2.24, 2.45) is 0 Å². The van der Waals surface area contributed by atoms with Crippen LogP contribution in [0.4, 0.5) is 4.39 Å². The van der Waals surface area contributed by atoms with Crippen LogP contribution in [0.1, 0.15) is 17.2 Å². The van der Waals surface area contributed by atoms with E-state index in [2.05, 4.69) is 12.6 Å². The molecule has 0 bridgehead atoms. The quantitative estimate of drug-likeness (QED) is 0.627. The lowest BCUT2D eigenvalue weighted by atomic mass is 10.1. The van der Waals surface area contributed by atoms with E-state index in [1.54, 1.807) is 17.8 Å². The van der Waals surface area contributed by atoms with Crippen LogP contribution in [-0.4, -0.2) is 5.75 Å². The Morgan fingerprint density at radius 1 is 1.50 bits per heavy atom. The van der Waals surface area contributed by atoms with Crippen LogP contribution in [0.25, 0.3) is 0 Å². The minimum atomic E-state index is -0.101. The van der Waals surface area contributed by atoms with E-state index in [1.165, 1.54) is 6.07 Å². The summed E-state index contributed by atoms with van der Waals surface area (Å²) < 4.78 is 13.2. The number of hydrogen-bond acceptors (Lipinski definition) is 2. The van der Waals surface area contributed by atoms with Gasteiger partial charge in [-0.05, 0) is 23.8 Å². The average molecular weight is 200 g/mol. The van der Waals surface area contributed by atoms with Crippen LogP contribution >= 0.6 is 24.4 Å². The molecule has 1 unspecified atom stereocenters. The number of thioether (sulfide) groups is 1. The van der Waals surface area contributed by atoms with E-state index in [0.29, 0.717) is 0 Å². The van der Waals surface area contributed by atoms with Gasteiger partial charge in [0.2, 0.25) is 0 Å². The van der Waals surface area contributed by atoms with Gasteiger partial charge in [-0.25, -0.2) is 4.39 Å². The van der Waals surface area contributed by atoms with Crippen LogP contribution in [-0.2, 0) is 0 Å². The summed E-state index contributed by atoms with van der Waals surface area (Å²) in [5.41, 5.74) is 1.05. The van der Waals surface area contributed by atoms with E-state index in [1.807, 2.05) is 6.07 Å². The fourth-order valence-electron chi connectivity index (χ4n) is 1.37. The van der Waals surface area contributed by atoms with Crippen molar-refractivity contribution in [3.8, 4) is 0 Å². The first-order valence-electron chi connectivity index (χ1n) is 3.88. The lowest BCUT2D eigenvalue weighted by Crippen LogP contribution is -2.03. The van der Waals surface area contributed by atoms with Crippen molar-refractivity contribution < 1.29 is 4.39 Å². The van der Waals surface area contributed by atoms with Gasteiger partial charge in [-0.3, -0.25) is 0 Å². The molecule has 1 aromatic rings. The van der Waals surface area contributed by atoms with Gasteiger partial charge in [-0.1, -0.05) is 12.1 Å². The van der Waals surface area contributed by atoms with Crippen molar-refractivity contribution in [3.63, 3.8) is 0 Å². The van der Waals surface area contributed by atoms with E-state index >= 15 is 0 Å². The molecule has 1 atom stereocenters. The summed E-state index contributed by atoms with van der Waals surface area (Å²) >= 11 is 6.00. The predicted octanol–water partition coefficient (Wildman–Crippen LogP) is 3.29. The fourth-order valence-corrected chi connectivity index (χ4v) is 3.12. The zero-order valence-corrected chi connectivity index (χ0v) is 8.17. The molecule has 0 aromatic heterocycles. The molecule has 12 heavy (non-hydrogen) atoms. The van der Waals surface area contributed by atoms with Gasteiger partial charge in [-0.15, -0.1) is 11.8 Å². The lowest BCUT2D eigenvalue weighted by Gasteiger charge is -2.20. The van der Waals surface area contributed by atoms with Gasteiger partial charge >= 0.3 is 0 Å². The van der Waals surface area contributed by atoms with Gasteiger partial charge in [0.25, 0.3) is 0 Å². The first kappa shape index (κ1) is 8.45. The smallest absolute Gasteiger partial charge is 0.137 e. The van der Waals surface area contributed by atoms with Gasteiger partial charge in [0.05, 0.1) is 0 Å². The second kappa shape index (κ2) is 3.30. The molecule has 0 aliphatic carbocycles. The zero-order valence-electron chi connectivity index (χ0n) is 6.46. The Morgan fingerprint density at radius 3 is 3.08 bits per heavy atom. The molecule has 1 heterocycles. The topological polar surface area (TPSA) is 0 Å². The van der Waals surface area contributed by atoms with E-state index < -0.39 is 0 Å². The number of thiol groups is 1. The van der Waals surface area contributed by atoms with Gasteiger partial charge in [-0.2, -0.15) is 12.6 Å². The summed E-state index contributed by atoms with van der Waals surface area (Å²) in [5.74, 6) is 0.874. The minimum Gasteiger partial charge on any atom is -0.206 e. The Labute approximate surface area is 81.0 Å². The Kier molecular flexibility index (Phi) is 2.33. The van der Waals surface area contributed by atoms with Crippen LogP contribution in [0.2, 0.25) is 0 Å². The minimum absolute atomic E-state index is 0.101. The third kappa shape index (κ3) is 1.36. The van der Waals surface area contributed by atoms with Crippen molar-refractivity contribution in [2.45, 2.75) is 16.6 Å². The highest BCUT2D eigenvalue weighted by atomic mass is 32.2. The second-order valence-electron chi connectivity index (χ2n) is 2.81. The zero-order chi connectivity index (χ0) is 8.55. The highest BCUT2D eigenvalue weighted by molar-refractivity contribution is 7.99. The van der Waals surface area contributed by atoms with Crippen molar-refractivity contribution in [2.75, 3.05) is 5.75 Å². The Morgan fingerprint density at radius 2 is 2.33 bits per heavy atom. The summed E-state index contributed by atoms with van der Waals surface area (Å²) in [5, 5.41) is 0.219. The first-order chi connectivity index (χ1) is 5.79. The number of fused-ring (bicyclic) bond motifs is 1. The monoisotopic (exact) mass is 200 g/mol. The highest BCUT2D eigenvalue weighted by Crippen LogP contribution is 2.40. The molecular weight excluding hydrogens is 191 g/mol. The number of halogens is 1. The average Bonchev–Trinajstić information content (AvgIpc) is 2.07. The molecular formula is C9H9FS2. The van der Waals surface area contributed by atoms with Crippen LogP contribution in [0.3, 0.4) is 0 Å². The molecule has 1 aliphatic heterocycles. The molecule has 1 aliphatic rings. The number of rotatable bonds is 0. The lowest BCUT2D eigenvalue weighted by molar-refractivity contribution is 0.593. The van der Waals surface area contributed by atoms with E-state index in [0.717, 1.165) is 22.6 Å². The third-order valence-corrected chi connectivity index (χ3v) is 3.69.